The predicted octanol–water partition coefficient (Wildman–Crippen LogP) is 4.57. The first-order valence-electron chi connectivity index (χ1n) is 9.62. The summed E-state index contributed by atoms with van der Waals surface area (Å²) in [6.45, 7) is 3.61. The molecule has 1 aliphatic heterocycles. The number of carbonyl (C=O) groups excluding carboxylic acids is 1. The van der Waals surface area contributed by atoms with Crippen molar-refractivity contribution < 1.29 is 17.4 Å². The number of rotatable bonds is 5. The highest BCUT2D eigenvalue weighted by Gasteiger charge is 2.29. The van der Waals surface area contributed by atoms with E-state index in [1.54, 1.807) is 61.5 Å². The lowest BCUT2D eigenvalue weighted by Crippen LogP contribution is -2.21. The lowest BCUT2D eigenvalue weighted by Gasteiger charge is -2.12. The van der Waals surface area contributed by atoms with E-state index in [0.29, 0.717) is 22.5 Å². The van der Waals surface area contributed by atoms with Gasteiger partial charge in [0.2, 0.25) is 0 Å². The number of aryl methyl sites for hydroxylation is 1. The van der Waals surface area contributed by atoms with E-state index in [-0.39, 0.29) is 16.6 Å². The molecular weight excluding hydrogens is 412 g/mol. The molecule has 0 aromatic heterocycles. The third-order valence-corrected chi connectivity index (χ3v) is 6.04. The zero-order valence-corrected chi connectivity index (χ0v) is 17.8. The summed E-state index contributed by atoms with van der Waals surface area (Å²) in [5, 5.41) is 5.68. The summed E-state index contributed by atoms with van der Waals surface area (Å²) in [5.41, 5.74) is 2.96. The van der Waals surface area contributed by atoms with Gasteiger partial charge in [0.15, 0.2) is 0 Å². The lowest BCUT2D eigenvalue weighted by atomic mass is 10.1. The van der Waals surface area contributed by atoms with Gasteiger partial charge in [-0.1, -0.05) is 54.1 Å². The summed E-state index contributed by atoms with van der Waals surface area (Å²) < 4.78 is 30.9. The van der Waals surface area contributed by atoms with Crippen molar-refractivity contribution in [3.05, 3.63) is 95.6 Å². The maximum Gasteiger partial charge on any atom is 0.339 e. The molecule has 3 aromatic rings. The Labute approximate surface area is 181 Å². The summed E-state index contributed by atoms with van der Waals surface area (Å²) in [6, 6.07) is 22.2. The van der Waals surface area contributed by atoms with Crippen LogP contribution in [-0.4, -0.2) is 20.0 Å². The van der Waals surface area contributed by atoms with Crippen LogP contribution in [-0.2, 0) is 14.9 Å². The van der Waals surface area contributed by atoms with Gasteiger partial charge in [-0.15, -0.1) is 0 Å². The molecule has 6 nitrogen and oxygen atoms in total. The molecule has 1 heterocycles. The highest BCUT2D eigenvalue weighted by atomic mass is 32.2. The van der Waals surface area contributed by atoms with E-state index >= 15 is 0 Å². The van der Waals surface area contributed by atoms with Crippen molar-refractivity contribution in [2.24, 2.45) is 5.10 Å². The Morgan fingerprint density at radius 3 is 2.23 bits per heavy atom. The normalized spacial score (nSPS) is 15.3. The van der Waals surface area contributed by atoms with Crippen LogP contribution >= 0.6 is 0 Å². The number of hydrogen-bond donors (Lipinski definition) is 0. The third kappa shape index (κ3) is 4.27. The Balaban J connectivity index is 1.66. The average Bonchev–Trinajstić information content (AvgIpc) is 3.04. The van der Waals surface area contributed by atoms with Crippen LogP contribution in [0.15, 0.2) is 94.4 Å². The molecule has 0 spiro atoms. The Morgan fingerprint density at radius 1 is 0.871 bits per heavy atom. The Morgan fingerprint density at radius 2 is 1.52 bits per heavy atom. The van der Waals surface area contributed by atoms with Crippen molar-refractivity contribution >= 4 is 33.5 Å². The number of carbonyl (C=O) groups is 1. The lowest BCUT2D eigenvalue weighted by molar-refractivity contribution is -0.114. The summed E-state index contributed by atoms with van der Waals surface area (Å²) in [4.78, 5) is 13.0. The van der Waals surface area contributed by atoms with Gasteiger partial charge in [-0.3, -0.25) is 4.79 Å². The van der Waals surface area contributed by atoms with E-state index in [0.717, 1.165) is 5.56 Å². The Bertz CT molecular complexity index is 1290. The molecule has 0 saturated heterocycles. The molecule has 0 bridgehead atoms. The molecule has 0 unspecified atom stereocenters. The molecule has 1 amide bonds. The number of amides is 1. The van der Waals surface area contributed by atoms with E-state index < -0.39 is 10.1 Å². The van der Waals surface area contributed by atoms with Gasteiger partial charge in [-0.2, -0.15) is 18.5 Å². The van der Waals surface area contributed by atoms with Gasteiger partial charge in [0, 0.05) is 5.56 Å². The van der Waals surface area contributed by atoms with Crippen LogP contribution in [0.25, 0.3) is 6.08 Å². The Hall–Kier alpha value is -3.71. The van der Waals surface area contributed by atoms with Crippen LogP contribution in [0.3, 0.4) is 0 Å². The van der Waals surface area contributed by atoms with E-state index in [2.05, 4.69) is 5.10 Å². The first-order chi connectivity index (χ1) is 14.8. The van der Waals surface area contributed by atoms with Crippen molar-refractivity contribution in [3.8, 4) is 5.75 Å². The standard InChI is InChI=1S/C24H20N2O4S/c1-17-12-14-21(15-13-17)31(28,29)30-23-11-7-6-8-19(23)16-22-18(2)25-26(24(22)27)20-9-4-3-5-10-20/h3-16H,1-2H3. The highest BCUT2D eigenvalue weighted by molar-refractivity contribution is 7.87. The van der Waals surface area contributed by atoms with Crippen molar-refractivity contribution in [2.45, 2.75) is 18.7 Å². The van der Waals surface area contributed by atoms with Crippen LogP contribution in [0.5, 0.6) is 5.75 Å². The second-order valence-electron chi connectivity index (χ2n) is 7.08. The molecule has 7 heteroatoms. The molecule has 1 aliphatic rings. The number of anilines is 1. The molecule has 156 valence electrons. The molecule has 0 saturated carbocycles. The zero-order chi connectivity index (χ0) is 22.0. The average molecular weight is 433 g/mol. The van der Waals surface area contributed by atoms with Crippen LogP contribution in [0.4, 0.5) is 5.69 Å². The number of para-hydroxylation sites is 2. The van der Waals surface area contributed by atoms with E-state index in [1.165, 1.54) is 17.1 Å². The summed E-state index contributed by atoms with van der Waals surface area (Å²) in [5.74, 6) is -0.158. The largest absolute Gasteiger partial charge is 0.378 e. The summed E-state index contributed by atoms with van der Waals surface area (Å²) in [6.07, 6.45) is 1.60. The van der Waals surface area contributed by atoms with E-state index in [4.69, 9.17) is 4.18 Å². The topological polar surface area (TPSA) is 76.0 Å². The molecule has 0 radical (unpaired) electrons. The van der Waals surface area contributed by atoms with Crippen LogP contribution in [0.2, 0.25) is 0 Å². The minimum Gasteiger partial charge on any atom is -0.378 e. The van der Waals surface area contributed by atoms with Crippen molar-refractivity contribution in [3.63, 3.8) is 0 Å². The van der Waals surface area contributed by atoms with Gasteiger partial charge in [-0.05, 0) is 50.3 Å². The molecule has 3 aromatic carbocycles. The van der Waals surface area contributed by atoms with E-state index in [1.807, 2.05) is 25.1 Å². The van der Waals surface area contributed by atoms with Crippen molar-refractivity contribution in [1.29, 1.82) is 0 Å². The molecule has 31 heavy (non-hydrogen) atoms. The SMILES string of the molecule is CC1=NN(c2ccccc2)C(=O)C1=Cc1ccccc1OS(=O)(=O)c1ccc(C)cc1. The number of nitrogens with zero attached hydrogens (tertiary/aromatic N) is 2. The minimum atomic E-state index is -4.02. The zero-order valence-electron chi connectivity index (χ0n) is 17.0. The van der Waals surface area contributed by atoms with Crippen molar-refractivity contribution in [1.82, 2.24) is 0 Å². The predicted molar refractivity (Wildman–Crippen MR) is 120 cm³/mol. The third-order valence-electron chi connectivity index (χ3n) is 4.79. The summed E-state index contributed by atoms with van der Waals surface area (Å²) >= 11 is 0. The number of hydrogen-bond acceptors (Lipinski definition) is 5. The Kier molecular flexibility index (Phi) is 5.44. The van der Waals surface area contributed by atoms with Crippen molar-refractivity contribution in [2.75, 3.05) is 5.01 Å². The van der Waals surface area contributed by atoms with Crippen LogP contribution in [0, 0.1) is 6.92 Å². The first-order valence-corrected chi connectivity index (χ1v) is 11.0. The molecule has 4 rings (SSSR count). The molecule has 0 N–H and O–H groups in total. The number of benzene rings is 3. The maximum atomic E-state index is 13.0. The van der Waals surface area contributed by atoms with Crippen LogP contribution in [0.1, 0.15) is 18.1 Å². The maximum absolute atomic E-state index is 13.0. The second kappa shape index (κ2) is 8.20. The number of hydrazone groups is 1. The van der Waals surface area contributed by atoms with Gasteiger partial charge in [-0.25, -0.2) is 0 Å². The van der Waals surface area contributed by atoms with Gasteiger partial charge in [0.1, 0.15) is 10.6 Å². The smallest absolute Gasteiger partial charge is 0.339 e. The quantitative estimate of drug-likeness (QED) is 0.437. The molecule has 0 atom stereocenters. The fraction of sp³-hybridized carbons (Fsp3) is 0.0833. The fourth-order valence-electron chi connectivity index (χ4n) is 3.13. The van der Waals surface area contributed by atoms with Gasteiger partial charge < -0.3 is 4.18 Å². The van der Waals surface area contributed by atoms with E-state index in [9.17, 15) is 13.2 Å². The first kappa shape index (κ1) is 20.6. The minimum absolute atomic E-state index is 0.0606. The van der Waals surface area contributed by atoms with Crippen LogP contribution < -0.4 is 9.19 Å². The second-order valence-corrected chi connectivity index (χ2v) is 8.63. The summed E-state index contributed by atoms with van der Waals surface area (Å²) in [7, 11) is -4.02. The molecular formula is C24H20N2O4S. The van der Waals surface area contributed by atoms with Gasteiger partial charge >= 0.3 is 10.1 Å². The monoisotopic (exact) mass is 432 g/mol. The fourth-order valence-corrected chi connectivity index (χ4v) is 4.08. The van der Waals surface area contributed by atoms with Gasteiger partial charge in [0.05, 0.1) is 17.0 Å². The molecule has 0 fully saturated rings. The molecule has 0 aliphatic carbocycles. The van der Waals surface area contributed by atoms with Gasteiger partial charge in [0.25, 0.3) is 5.91 Å². The highest BCUT2D eigenvalue weighted by Crippen LogP contribution is 2.29.